The molecule has 1 aliphatic carbocycles. The standard InChI is InChI=1S/C22H20N2O3S/c1-24-17-8-5-9-18(25)19(17)20(23-22(24)28)14-10-12-16(13-11-14)27-21(26)15-6-3-2-4-7-15/h2-4,6-7,10-13,20H,5,8-9H2,1H3,(H,23,28). The number of hydrogen-bond acceptors (Lipinski definition) is 4. The number of carbonyl (C=O) groups excluding carboxylic acids is 2. The number of thiocarbonyl (C=S) groups is 1. The lowest BCUT2D eigenvalue weighted by atomic mass is 9.85. The summed E-state index contributed by atoms with van der Waals surface area (Å²) in [6.07, 6.45) is 2.26. The van der Waals surface area contributed by atoms with E-state index in [0.717, 1.165) is 29.7 Å². The first-order chi connectivity index (χ1) is 13.5. The average Bonchev–Trinajstić information content (AvgIpc) is 2.72. The number of rotatable bonds is 3. The summed E-state index contributed by atoms with van der Waals surface area (Å²) in [5.41, 5.74) is 3.20. The highest BCUT2D eigenvalue weighted by Gasteiger charge is 2.35. The van der Waals surface area contributed by atoms with E-state index >= 15 is 0 Å². The molecule has 0 saturated heterocycles. The molecule has 1 aliphatic heterocycles. The number of nitrogens with zero attached hydrogens (tertiary/aromatic N) is 1. The van der Waals surface area contributed by atoms with Crippen LogP contribution in [0, 0.1) is 0 Å². The average molecular weight is 392 g/mol. The van der Waals surface area contributed by atoms with Crippen LogP contribution in [0.5, 0.6) is 5.75 Å². The van der Waals surface area contributed by atoms with Gasteiger partial charge in [-0.15, -0.1) is 0 Å². The Kier molecular flexibility index (Phi) is 4.96. The Morgan fingerprint density at radius 3 is 2.54 bits per heavy atom. The first-order valence-electron chi connectivity index (χ1n) is 9.22. The molecule has 2 aromatic rings. The Labute approximate surface area is 169 Å². The lowest BCUT2D eigenvalue weighted by Crippen LogP contribution is -2.47. The van der Waals surface area contributed by atoms with Gasteiger partial charge in [0.2, 0.25) is 0 Å². The number of Topliss-reactive ketones (excluding diaryl/α,β-unsaturated/α-hetero) is 1. The summed E-state index contributed by atoms with van der Waals surface area (Å²) in [6.45, 7) is 0. The molecule has 0 bridgehead atoms. The maximum atomic E-state index is 12.6. The molecule has 0 fully saturated rings. The molecule has 1 unspecified atom stereocenters. The van der Waals surface area contributed by atoms with Crippen LogP contribution in [0.1, 0.15) is 41.2 Å². The van der Waals surface area contributed by atoms with Gasteiger partial charge in [-0.1, -0.05) is 30.3 Å². The van der Waals surface area contributed by atoms with Crippen molar-refractivity contribution in [1.82, 2.24) is 10.2 Å². The van der Waals surface area contributed by atoms with E-state index in [1.807, 2.05) is 30.1 Å². The summed E-state index contributed by atoms with van der Waals surface area (Å²) in [6, 6.07) is 15.8. The number of ketones is 1. The molecular weight excluding hydrogens is 372 g/mol. The SMILES string of the molecule is CN1C(=S)NC(c2ccc(OC(=O)c3ccccc3)cc2)C2=C1CCCC2=O. The Balaban J connectivity index is 1.58. The van der Waals surface area contributed by atoms with E-state index in [1.165, 1.54) is 0 Å². The summed E-state index contributed by atoms with van der Waals surface area (Å²) >= 11 is 5.45. The topological polar surface area (TPSA) is 58.6 Å². The smallest absolute Gasteiger partial charge is 0.343 e. The van der Waals surface area contributed by atoms with Crippen LogP contribution >= 0.6 is 12.2 Å². The van der Waals surface area contributed by atoms with Crippen molar-refractivity contribution in [2.45, 2.75) is 25.3 Å². The van der Waals surface area contributed by atoms with Crippen LogP contribution in [0.2, 0.25) is 0 Å². The molecule has 1 heterocycles. The molecule has 28 heavy (non-hydrogen) atoms. The number of ether oxygens (including phenoxy) is 1. The summed E-state index contributed by atoms with van der Waals surface area (Å²) in [7, 11) is 1.89. The van der Waals surface area contributed by atoms with Crippen molar-refractivity contribution in [3.8, 4) is 5.75 Å². The molecule has 5 nitrogen and oxygen atoms in total. The molecule has 6 heteroatoms. The van der Waals surface area contributed by atoms with E-state index in [0.29, 0.717) is 22.8 Å². The van der Waals surface area contributed by atoms with Gasteiger partial charge in [-0.25, -0.2) is 4.79 Å². The highest BCUT2D eigenvalue weighted by molar-refractivity contribution is 7.80. The minimum absolute atomic E-state index is 0.160. The van der Waals surface area contributed by atoms with Crippen molar-refractivity contribution in [2.75, 3.05) is 7.05 Å². The number of nitrogens with one attached hydrogen (secondary N) is 1. The van der Waals surface area contributed by atoms with E-state index in [9.17, 15) is 9.59 Å². The second-order valence-corrected chi connectivity index (χ2v) is 7.29. The van der Waals surface area contributed by atoms with Gasteiger partial charge in [0, 0.05) is 24.7 Å². The fraction of sp³-hybridized carbons (Fsp3) is 0.227. The summed E-state index contributed by atoms with van der Waals surface area (Å²) in [4.78, 5) is 26.7. The van der Waals surface area contributed by atoms with Gasteiger partial charge in [-0.05, 0) is 54.9 Å². The van der Waals surface area contributed by atoms with Crippen molar-refractivity contribution in [3.05, 3.63) is 77.0 Å². The fourth-order valence-corrected chi connectivity index (χ4v) is 3.88. The van der Waals surface area contributed by atoms with Gasteiger partial charge < -0.3 is 15.0 Å². The molecule has 0 spiro atoms. The third kappa shape index (κ3) is 3.43. The van der Waals surface area contributed by atoms with E-state index in [2.05, 4.69) is 5.32 Å². The zero-order valence-electron chi connectivity index (χ0n) is 15.5. The molecule has 2 aliphatic rings. The normalized spacial score (nSPS) is 19.2. The maximum absolute atomic E-state index is 12.6. The fourth-order valence-electron chi connectivity index (χ4n) is 3.66. The number of esters is 1. The van der Waals surface area contributed by atoms with Gasteiger partial charge in [-0.2, -0.15) is 0 Å². The van der Waals surface area contributed by atoms with Crippen molar-refractivity contribution < 1.29 is 14.3 Å². The first-order valence-corrected chi connectivity index (χ1v) is 9.63. The van der Waals surface area contributed by atoms with Gasteiger partial charge >= 0.3 is 5.97 Å². The summed E-state index contributed by atoms with van der Waals surface area (Å²) in [5.74, 6) is 0.212. The molecule has 4 rings (SSSR count). The predicted octanol–water partition coefficient (Wildman–Crippen LogP) is 3.77. The van der Waals surface area contributed by atoms with Crippen molar-refractivity contribution >= 4 is 29.1 Å². The van der Waals surface area contributed by atoms with Crippen LogP contribution in [0.3, 0.4) is 0 Å². The molecule has 1 atom stereocenters. The number of carbonyl (C=O) groups is 2. The maximum Gasteiger partial charge on any atom is 0.343 e. The number of benzene rings is 2. The van der Waals surface area contributed by atoms with Crippen LogP contribution in [0.15, 0.2) is 65.9 Å². The molecule has 2 aromatic carbocycles. The Morgan fingerprint density at radius 2 is 1.82 bits per heavy atom. The monoisotopic (exact) mass is 392 g/mol. The van der Waals surface area contributed by atoms with Gasteiger partial charge in [0.25, 0.3) is 0 Å². The largest absolute Gasteiger partial charge is 0.423 e. The zero-order valence-corrected chi connectivity index (χ0v) is 16.3. The summed E-state index contributed by atoms with van der Waals surface area (Å²) in [5, 5.41) is 3.88. The second kappa shape index (κ2) is 7.56. The predicted molar refractivity (Wildman–Crippen MR) is 110 cm³/mol. The van der Waals surface area contributed by atoms with Crippen molar-refractivity contribution in [3.63, 3.8) is 0 Å². The molecule has 0 amide bonds. The van der Waals surface area contributed by atoms with Crippen molar-refractivity contribution in [1.29, 1.82) is 0 Å². The van der Waals surface area contributed by atoms with E-state index in [1.54, 1.807) is 36.4 Å². The molecule has 142 valence electrons. The Hall–Kier alpha value is -2.99. The Morgan fingerprint density at radius 1 is 1.11 bits per heavy atom. The van der Waals surface area contributed by atoms with E-state index in [4.69, 9.17) is 17.0 Å². The highest BCUT2D eigenvalue weighted by atomic mass is 32.1. The Bertz CT molecular complexity index is 967. The minimum atomic E-state index is -0.403. The van der Waals surface area contributed by atoms with E-state index in [-0.39, 0.29) is 11.8 Å². The van der Waals surface area contributed by atoms with Crippen LogP contribution in [-0.2, 0) is 4.79 Å². The lowest BCUT2D eigenvalue weighted by molar-refractivity contribution is -0.116. The zero-order chi connectivity index (χ0) is 19.7. The molecule has 0 aromatic heterocycles. The highest BCUT2D eigenvalue weighted by Crippen LogP contribution is 2.37. The van der Waals surface area contributed by atoms with Gasteiger partial charge in [0.1, 0.15) is 5.75 Å². The summed E-state index contributed by atoms with van der Waals surface area (Å²) < 4.78 is 5.44. The van der Waals surface area contributed by atoms with E-state index < -0.39 is 5.97 Å². The van der Waals surface area contributed by atoms with Crippen LogP contribution in [0.4, 0.5) is 0 Å². The molecule has 1 N–H and O–H groups in total. The first kappa shape index (κ1) is 18.4. The van der Waals surface area contributed by atoms with Crippen molar-refractivity contribution in [2.24, 2.45) is 0 Å². The third-order valence-corrected chi connectivity index (χ3v) is 5.52. The second-order valence-electron chi connectivity index (χ2n) is 6.90. The number of allylic oxidation sites excluding steroid dienone is 1. The van der Waals surface area contributed by atoms with Crippen LogP contribution < -0.4 is 10.1 Å². The van der Waals surface area contributed by atoms with Crippen LogP contribution in [-0.4, -0.2) is 28.8 Å². The van der Waals surface area contributed by atoms with Gasteiger partial charge in [0.15, 0.2) is 10.9 Å². The molecular formula is C22H20N2O3S. The van der Waals surface area contributed by atoms with Crippen LogP contribution in [0.25, 0.3) is 0 Å². The molecule has 0 radical (unpaired) electrons. The molecule has 0 saturated carbocycles. The van der Waals surface area contributed by atoms with Gasteiger partial charge in [-0.3, -0.25) is 4.79 Å². The number of hydrogen-bond donors (Lipinski definition) is 1. The quantitative estimate of drug-likeness (QED) is 0.487. The minimum Gasteiger partial charge on any atom is -0.423 e. The van der Waals surface area contributed by atoms with Gasteiger partial charge in [0.05, 0.1) is 11.6 Å². The lowest BCUT2D eigenvalue weighted by Gasteiger charge is -2.39. The third-order valence-electron chi connectivity index (χ3n) is 5.13.